The van der Waals surface area contributed by atoms with Crippen LogP contribution in [0.3, 0.4) is 0 Å². The monoisotopic (exact) mass is 762 g/mol. The molecule has 4 nitrogen and oxygen atoms in total. The van der Waals surface area contributed by atoms with Crippen LogP contribution >= 0.6 is 0 Å². The SMILES string of the molecule is CCCCCCCCCC/C=C\CCCCCCCCCCCCCCCCCCCCCCCC(=O)NC(CO)C(O)CCCCCCCCCCC. The van der Waals surface area contributed by atoms with E-state index >= 15 is 0 Å². The van der Waals surface area contributed by atoms with E-state index in [1.165, 1.54) is 231 Å². The summed E-state index contributed by atoms with van der Waals surface area (Å²) in [4.78, 5) is 12.4. The molecule has 322 valence electrons. The van der Waals surface area contributed by atoms with Crippen molar-refractivity contribution >= 4 is 5.91 Å². The standard InChI is InChI=1S/C50H99NO3/c1-3-5-7-9-11-13-14-15-16-17-18-19-20-21-22-23-24-25-26-27-28-29-30-31-32-33-34-35-36-38-40-42-44-46-50(54)51-48(47-52)49(53)45-43-41-39-37-12-10-8-6-4-2/h17-18,48-49,52-53H,3-16,19-47H2,1-2H3,(H,51,54)/b18-17-. The van der Waals surface area contributed by atoms with Crippen molar-refractivity contribution in [3.63, 3.8) is 0 Å². The molecule has 0 spiro atoms. The van der Waals surface area contributed by atoms with Gasteiger partial charge in [-0.3, -0.25) is 4.79 Å². The van der Waals surface area contributed by atoms with Crippen LogP contribution in [0.15, 0.2) is 12.2 Å². The highest BCUT2D eigenvalue weighted by Gasteiger charge is 2.20. The Morgan fingerprint density at radius 1 is 0.426 bits per heavy atom. The molecule has 0 radical (unpaired) electrons. The molecule has 0 saturated heterocycles. The maximum absolute atomic E-state index is 12.4. The third-order valence-corrected chi connectivity index (χ3v) is 11.8. The van der Waals surface area contributed by atoms with Crippen LogP contribution in [0.1, 0.15) is 284 Å². The molecule has 0 aliphatic rings. The summed E-state index contributed by atoms with van der Waals surface area (Å²) in [6.07, 6.45) is 59.1. The highest BCUT2D eigenvalue weighted by atomic mass is 16.3. The first kappa shape index (κ1) is 53.1. The Bertz CT molecular complexity index is 739. The van der Waals surface area contributed by atoms with Gasteiger partial charge >= 0.3 is 0 Å². The van der Waals surface area contributed by atoms with E-state index in [0.29, 0.717) is 12.8 Å². The fourth-order valence-electron chi connectivity index (χ4n) is 7.95. The normalized spacial score (nSPS) is 12.9. The Morgan fingerprint density at radius 2 is 0.704 bits per heavy atom. The van der Waals surface area contributed by atoms with Gasteiger partial charge in [0.05, 0.1) is 18.8 Å². The lowest BCUT2D eigenvalue weighted by atomic mass is 10.0. The first-order valence-electron chi connectivity index (χ1n) is 24.9. The van der Waals surface area contributed by atoms with Crippen LogP contribution in [0.25, 0.3) is 0 Å². The topological polar surface area (TPSA) is 69.6 Å². The molecule has 0 aliphatic carbocycles. The molecule has 0 aliphatic heterocycles. The van der Waals surface area contributed by atoms with Crippen molar-refractivity contribution in [1.29, 1.82) is 0 Å². The first-order valence-corrected chi connectivity index (χ1v) is 24.9. The fraction of sp³-hybridized carbons (Fsp3) is 0.940. The van der Waals surface area contributed by atoms with Gasteiger partial charge in [-0.2, -0.15) is 0 Å². The quantitative estimate of drug-likeness (QED) is 0.0427. The summed E-state index contributed by atoms with van der Waals surface area (Å²) in [5.41, 5.74) is 0. The lowest BCUT2D eigenvalue weighted by Gasteiger charge is -2.22. The number of hydrogen-bond donors (Lipinski definition) is 3. The molecule has 3 N–H and O–H groups in total. The number of carbonyl (C=O) groups is 1. The molecule has 2 unspecified atom stereocenters. The average molecular weight is 762 g/mol. The molecule has 1 amide bonds. The molecule has 0 aromatic rings. The molecule has 0 fully saturated rings. The first-order chi connectivity index (χ1) is 26.7. The van der Waals surface area contributed by atoms with Crippen molar-refractivity contribution in [2.45, 2.75) is 296 Å². The van der Waals surface area contributed by atoms with Crippen molar-refractivity contribution in [3.8, 4) is 0 Å². The fourth-order valence-corrected chi connectivity index (χ4v) is 7.95. The molecule has 0 saturated carbocycles. The lowest BCUT2D eigenvalue weighted by Crippen LogP contribution is -2.45. The lowest BCUT2D eigenvalue weighted by molar-refractivity contribution is -0.123. The van der Waals surface area contributed by atoms with Crippen LogP contribution < -0.4 is 5.32 Å². The van der Waals surface area contributed by atoms with E-state index in [1.807, 2.05) is 0 Å². The highest BCUT2D eigenvalue weighted by Crippen LogP contribution is 2.17. The van der Waals surface area contributed by atoms with Crippen molar-refractivity contribution in [3.05, 3.63) is 12.2 Å². The average Bonchev–Trinajstić information content (AvgIpc) is 3.18. The van der Waals surface area contributed by atoms with Crippen molar-refractivity contribution in [2.24, 2.45) is 0 Å². The van der Waals surface area contributed by atoms with Crippen molar-refractivity contribution in [2.75, 3.05) is 6.61 Å². The third-order valence-electron chi connectivity index (χ3n) is 11.8. The second-order valence-electron chi connectivity index (χ2n) is 17.2. The number of carbonyl (C=O) groups excluding carboxylic acids is 1. The Morgan fingerprint density at radius 3 is 1.02 bits per heavy atom. The van der Waals surface area contributed by atoms with Gasteiger partial charge < -0.3 is 15.5 Å². The summed E-state index contributed by atoms with van der Waals surface area (Å²) in [6, 6.07) is -0.529. The number of rotatable bonds is 46. The van der Waals surface area contributed by atoms with E-state index in [0.717, 1.165) is 25.7 Å². The van der Waals surface area contributed by atoms with Gasteiger partial charge in [-0.05, 0) is 38.5 Å². The van der Waals surface area contributed by atoms with Crippen molar-refractivity contribution in [1.82, 2.24) is 5.32 Å². The smallest absolute Gasteiger partial charge is 0.220 e. The third kappa shape index (κ3) is 42.3. The van der Waals surface area contributed by atoms with Gasteiger partial charge in [0.15, 0.2) is 0 Å². The second kappa shape index (κ2) is 46.5. The number of aliphatic hydroxyl groups is 2. The summed E-state index contributed by atoms with van der Waals surface area (Å²) in [5.74, 6) is -0.0285. The highest BCUT2D eigenvalue weighted by molar-refractivity contribution is 5.76. The number of nitrogens with one attached hydrogen (secondary N) is 1. The Kier molecular flexibility index (Phi) is 45.8. The predicted molar refractivity (Wildman–Crippen MR) is 239 cm³/mol. The molecule has 4 heteroatoms. The molecular formula is C50H99NO3. The van der Waals surface area contributed by atoms with E-state index in [9.17, 15) is 15.0 Å². The van der Waals surface area contributed by atoms with E-state index in [1.54, 1.807) is 0 Å². The number of hydrogen-bond acceptors (Lipinski definition) is 3. The van der Waals surface area contributed by atoms with Gasteiger partial charge in [-0.15, -0.1) is 0 Å². The predicted octanol–water partition coefficient (Wildman–Crippen LogP) is 15.8. The maximum Gasteiger partial charge on any atom is 0.220 e. The number of unbranched alkanes of at least 4 members (excludes halogenated alkanes) is 37. The minimum Gasteiger partial charge on any atom is -0.394 e. The van der Waals surface area contributed by atoms with Crippen LogP contribution in [0.5, 0.6) is 0 Å². The summed E-state index contributed by atoms with van der Waals surface area (Å²) >= 11 is 0. The van der Waals surface area contributed by atoms with Crippen LogP contribution in [0.2, 0.25) is 0 Å². The second-order valence-corrected chi connectivity index (χ2v) is 17.2. The van der Waals surface area contributed by atoms with Gasteiger partial charge in [-0.1, -0.05) is 251 Å². The minimum atomic E-state index is -0.653. The zero-order valence-electron chi connectivity index (χ0n) is 37.0. The largest absolute Gasteiger partial charge is 0.394 e. The zero-order valence-corrected chi connectivity index (χ0v) is 37.0. The summed E-state index contributed by atoms with van der Waals surface area (Å²) in [7, 11) is 0. The molecule has 0 aromatic heterocycles. The van der Waals surface area contributed by atoms with Crippen LogP contribution in [0.4, 0.5) is 0 Å². The van der Waals surface area contributed by atoms with E-state index in [2.05, 4.69) is 31.3 Å². The minimum absolute atomic E-state index is 0.0285. The van der Waals surface area contributed by atoms with Crippen LogP contribution in [0, 0.1) is 0 Å². The number of allylic oxidation sites excluding steroid dienone is 2. The molecule has 0 heterocycles. The Labute approximate surface area is 339 Å². The van der Waals surface area contributed by atoms with E-state index < -0.39 is 12.1 Å². The maximum atomic E-state index is 12.4. The summed E-state index contributed by atoms with van der Waals surface area (Å²) in [6.45, 7) is 4.35. The van der Waals surface area contributed by atoms with Crippen LogP contribution in [-0.4, -0.2) is 34.9 Å². The number of aliphatic hydroxyl groups excluding tert-OH is 2. The molecule has 54 heavy (non-hydrogen) atoms. The van der Waals surface area contributed by atoms with Gasteiger partial charge in [0.2, 0.25) is 5.91 Å². The molecular weight excluding hydrogens is 663 g/mol. The van der Waals surface area contributed by atoms with Gasteiger partial charge in [0.1, 0.15) is 0 Å². The summed E-state index contributed by atoms with van der Waals surface area (Å²) < 4.78 is 0. The van der Waals surface area contributed by atoms with E-state index in [4.69, 9.17) is 0 Å². The zero-order chi connectivity index (χ0) is 39.3. The molecule has 2 atom stereocenters. The van der Waals surface area contributed by atoms with Gasteiger partial charge in [-0.25, -0.2) is 0 Å². The molecule has 0 bridgehead atoms. The van der Waals surface area contributed by atoms with Crippen molar-refractivity contribution < 1.29 is 15.0 Å². The van der Waals surface area contributed by atoms with E-state index in [-0.39, 0.29) is 12.5 Å². The summed E-state index contributed by atoms with van der Waals surface area (Å²) in [5, 5.41) is 23.1. The van der Waals surface area contributed by atoms with Gasteiger partial charge in [0.25, 0.3) is 0 Å². The van der Waals surface area contributed by atoms with Gasteiger partial charge in [0, 0.05) is 6.42 Å². The molecule has 0 rings (SSSR count). The van der Waals surface area contributed by atoms with Crippen LogP contribution in [-0.2, 0) is 4.79 Å². The Hall–Kier alpha value is -0.870. The Balaban J connectivity index is 3.34. The number of amides is 1. The molecule has 0 aromatic carbocycles.